The number of nitrogens with zero attached hydrogens (tertiary/aromatic N) is 3. The van der Waals surface area contributed by atoms with Crippen molar-refractivity contribution in [2.75, 3.05) is 19.4 Å². The highest BCUT2D eigenvalue weighted by Crippen LogP contribution is 2.32. The number of imidazole rings is 1. The lowest BCUT2D eigenvalue weighted by Gasteiger charge is -2.20. The fraction of sp³-hybridized carbons (Fsp3) is 0.650. The van der Waals surface area contributed by atoms with Crippen LogP contribution in [0.2, 0.25) is 0 Å². The SMILES string of the molecule is Cc1ccsc1CN(C)Cc1cnc(S(=O)(=O)CC2CC2)n1CC1CCCO1. The number of thiophene rings is 1. The van der Waals surface area contributed by atoms with E-state index in [1.807, 2.05) is 4.57 Å². The number of rotatable bonds is 9. The summed E-state index contributed by atoms with van der Waals surface area (Å²) in [5.74, 6) is 0.532. The summed E-state index contributed by atoms with van der Waals surface area (Å²) in [4.78, 5) is 7.94. The highest BCUT2D eigenvalue weighted by molar-refractivity contribution is 7.91. The zero-order chi connectivity index (χ0) is 19.7. The normalized spacial score (nSPS) is 20.3. The van der Waals surface area contributed by atoms with Gasteiger partial charge in [0, 0.05) is 24.6 Å². The lowest BCUT2D eigenvalue weighted by atomic mass is 10.2. The topological polar surface area (TPSA) is 64.4 Å². The van der Waals surface area contributed by atoms with Crippen LogP contribution in [0.4, 0.5) is 0 Å². The van der Waals surface area contributed by atoms with Gasteiger partial charge in [0.1, 0.15) is 0 Å². The van der Waals surface area contributed by atoms with Gasteiger partial charge >= 0.3 is 0 Å². The van der Waals surface area contributed by atoms with Gasteiger partial charge in [-0.3, -0.25) is 4.90 Å². The third-order valence-electron chi connectivity index (χ3n) is 5.56. The fourth-order valence-electron chi connectivity index (χ4n) is 3.77. The largest absolute Gasteiger partial charge is 0.376 e. The smallest absolute Gasteiger partial charge is 0.227 e. The molecule has 0 aromatic carbocycles. The van der Waals surface area contributed by atoms with Crippen LogP contribution in [-0.4, -0.2) is 48.4 Å². The van der Waals surface area contributed by atoms with Crippen LogP contribution in [0.25, 0.3) is 0 Å². The zero-order valence-corrected chi connectivity index (χ0v) is 18.3. The minimum Gasteiger partial charge on any atom is -0.376 e. The molecule has 1 saturated heterocycles. The average molecular weight is 424 g/mol. The molecule has 8 heteroatoms. The first kappa shape index (κ1) is 20.1. The third-order valence-corrected chi connectivity index (χ3v) is 8.36. The molecule has 1 aliphatic carbocycles. The quantitative estimate of drug-likeness (QED) is 0.619. The number of aryl methyl sites for hydroxylation is 1. The van der Waals surface area contributed by atoms with Gasteiger partial charge in [0.05, 0.1) is 30.3 Å². The van der Waals surface area contributed by atoms with Gasteiger partial charge in [-0.2, -0.15) is 0 Å². The molecule has 1 atom stereocenters. The lowest BCUT2D eigenvalue weighted by molar-refractivity contribution is 0.0934. The maximum atomic E-state index is 12.9. The lowest BCUT2D eigenvalue weighted by Crippen LogP contribution is -2.25. The van der Waals surface area contributed by atoms with E-state index in [0.717, 1.165) is 44.5 Å². The number of aromatic nitrogens is 2. The van der Waals surface area contributed by atoms with Crippen LogP contribution in [0.1, 0.15) is 41.8 Å². The predicted octanol–water partition coefficient (Wildman–Crippen LogP) is 3.25. The van der Waals surface area contributed by atoms with Crippen molar-refractivity contribution in [1.29, 1.82) is 0 Å². The van der Waals surface area contributed by atoms with Gasteiger partial charge in [0.25, 0.3) is 0 Å². The van der Waals surface area contributed by atoms with Gasteiger partial charge in [-0.1, -0.05) is 0 Å². The molecule has 154 valence electrons. The van der Waals surface area contributed by atoms with Crippen molar-refractivity contribution in [2.24, 2.45) is 5.92 Å². The Morgan fingerprint density at radius 1 is 1.32 bits per heavy atom. The van der Waals surface area contributed by atoms with Gasteiger partial charge in [-0.15, -0.1) is 11.3 Å². The van der Waals surface area contributed by atoms with E-state index in [1.54, 1.807) is 17.5 Å². The van der Waals surface area contributed by atoms with Crippen LogP contribution >= 0.6 is 11.3 Å². The van der Waals surface area contributed by atoms with Gasteiger partial charge in [-0.05, 0) is 62.6 Å². The molecule has 28 heavy (non-hydrogen) atoms. The number of hydrogen-bond acceptors (Lipinski definition) is 6. The van der Waals surface area contributed by atoms with Gasteiger partial charge < -0.3 is 9.30 Å². The molecule has 4 rings (SSSR count). The van der Waals surface area contributed by atoms with Gasteiger partial charge in [0.2, 0.25) is 15.0 Å². The Kier molecular flexibility index (Phi) is 5.92. The summed E-state index contributed by atoms with van der Waals surface area (Å²) < 4.78 is 33.6. The summed E-state index contributed by atoms with van der Waals surface area (Å²) in [6.45, 7) is 4.97. The molecule has 1 unspecified atom stereocenters. The highest BCUT2D eigenvalue weighted by atomic mass is 32.2. The molecular formula is C20H29N3O3S2. The standard InChI is InChI=1S/C20H29N3O3S2/c1-15-7-9-27-19(15)13-22(2)11-17-10-21-20(28(24,25)14-16-5-6-16)23(17)12-18-4-3-8-26-18/h7,9-10,16,18H,3-6,8,11-14H2,1-2H3. The summed E-state index contributed by atoms with van der Waals surface area (Å²) in [5, 5.41) is 2.34. The van der Waals surface area contributed by atoms with Crippen molar-refractivity contribution in [1.82, 2.24) is 14.5 Å². The second-order valence-electron chi connectivity index (χ2n) is 8.20. The Balaban J connectivity index is 1.55. The summed E-state index contributed by atoms with van der Waals surface area (Å²) >= 11 is 1.76. The van der Waals surface area contributed by atoms with E-state index in [-0.39, 0.29) is 17.0 Å². The second kappa shape index (κ2) is 8.26. The number of ether oxygens (including phenoxy) is 1. The molecule has 6 nitrogen and oxygen atoms in total. The molecule has 0 radical (unpaired) electrons. The Hall–Kier alpha value is -1.22. The van der Waals surface area contributed by atoms with E-state index in [4.69, 9.17) is 4.74 Å². The molecule has 2 fully saturated rings. The maximum Gasteiger partial charge on any atom is 0.227 e. The first-order chi connectivity index (χ1) is 13.4. The fourth-order valence-corrected chi connectivity index (χ4v) is 6.60. The van der Waals surface area contributed by atoms with Crippen LogP contribution < -0.4 is 0 Å². The highest BCUT2D eigenvalue weighted by Gasteiger charge is 2.33. The monoisotopic (exact) mass is 423 g/mol. The first-order valence-corrected chi connectivity index (χ1v) is 12.6. The maximum absolute atomic E-state index is 12.9. The molecule has 1 saturated carbocycles. The van der Waals surface area contributed by atoms with Crippen LogP contribution in [0, 0.1) is 12.8 Å². The van der Waals surface area contributed by atoms with Crippen molar-refractivity contribution < 1.29 is 13.2 Å². The molecular weight excluding hydrogens is 394 g/mol. The van der Waals surface area contributed by atoms with Crippen molar-refractivity contribution in [3.63, 3.8) is 0 Å². The van der Waals surface area contributed by atoms with E-state index in [1.165, 1.54) is 10.4 Å². The van der Waals surface area contributed by atoms with Crippen molar-refractivity contribution in [3.8, 4) is 0 Å². The predicted molar refractivity (Wildman–Crippen MR) is 110 cm³/mol. The molecule has 0 spiro atoms. The molecule has 0 N–H and O–H groups in total. The number of hydrogen-bond donors (Lipinski definition) is 0. The minimum atomic E-state index is -3.36. The average Bonchev–Trinajstić information content (AvgIpc) is 3.00. The molecule has 3 heterocycles. The van der Waals surface area contributed by atoms with E-state index in [2.05, 4.69) is 35.3 Å². The summed E-state index contributed by atoms with van der Waals surface area (Å²) in [6, 6.07) is 2.14. The van der Waals surface area contributed by atoms with Gasteiger partial charge in [-0.25, -0.2) is 13.4 Å². The molecule has 2 aromatic rings. The van der Waals surface area contributed by atoms with E-state index in [9.17, 15) is 8.42 Å². The first-order valence-electron chi connectivity index (χ1n) is 10.0. The second-order valence-corrected chi connectivity index (χ2v) is 11.1. The van der Waals surface area contributed by atoms with E-state index in [0.29, 0.717) is 19.0 Å². The molecule has 2 aromatic heterocycles. The molecule has 1 aliphatic heterocycles. The van der Waals surface area contributed by atoms with Crippen LogP contribution in [0.15, 0.2) is 22.8 Å². The van der Waals surface area contributed by atoms with E-state index >= 15 is 0 Å². The van der Waals surface area contributed by atoms with E-state index < -0.39 is 9.84 Å². The Morgan fingerprint density at radius 3 is 2.79 bits per heavy atom. The summed E-state index contributed by atoms with van der Waals surface area (Å²) in [6.07, 6.45) is 5.86. The minimum absolute atomic E-state index is 0.0765. The van der Waals surface area contributed by atoms with Crippen LogP contribution in [0.3, 0.4) is 0 Å². The van der Waals surface area contributed by atoms with Crippen molar-refractivity contribution >= 4 is 21.2 Å². The Bertz CT molecular complexity index is 909. The zero-order valence-electron chi connectivity index (χ0n) is 16.6. The van der Waals surface area contributed by atoms with Crippen molar-refractivity contribution in [3.05, 3.63) is 33.8 Å². The van der Waals surface area contributed by atoms with Crippen molar-refractivity contribution in [2.45, 2.75) is 63.5 Å². The van der Waals surface area contributed by atoms with Crippen LogP contribution in [-0.2, 0) is 34.2 Å². The molecule has 0 amide bonds. The number of sulfone groups is 1. The Morgan fingerprint density at radius 2 is 2.14 bits per heavy atom. The summed E-state index contributed by atoms with van der Waals surface area (Å²) in [7, 11) is -1.29. The molecule has 2 aliphatic rings. The third kappa shape index (κ3) is 4.67. The van der Waals surface area contributed by atoms with Crippen LogP contribution in [0.5, 0.6) is 0 Å². The molecule has 0 bridgehead atoms. The Labute approximate surface area is 171 Å². The summed E-state index contributed by atoms with van der Waals surface area (Å²) in [5.41, 5.74) is 2.25. The van der Waals surface area contributed by atoms with Gasteiger partial charge in [0.15, 0.2) is 0 Å².